The molecule has 5 aromatic carbocycles. The van der Waals surface area contributed by atoms with E-state index in [2.05, 4.69) is 106 Å². The van der Waals surface area contributed by atoms with E-state index >= 15 is 0 Å². The van der Waals surface area contributed by atoms with Crippen LogP contribution in [0.4, 0.5) is 0 Å². The Morgan fingerprint density at radius 2 is 0.879 bits per heavy atom. The Morgan fingerprint density at radius 3 is 1.45 bits per heavy atom. The number of para-hydroxylation sites is 3. The van der Waals surface area contributed by atoms with Crippen LogP contribution in [0.3, 0.4) is 0 Å². The molecule has 0 aliphatic heterocycles. The fourth-order valence-corrected chi connectivity index (χ4v) is 5.24. The third-order valence-corrected chi connectivity index (χ3v) is 6.62. The van der Waals surface area contributed by atoms with E-state index in [4.69, 9.17) is 7.85 Å². The van der Waals surface area contributed by atoms with E-state index in [0.717, 1.165) is 16.8 Å². The summed E-state index contributed by atoms with van der Waals surface area (Å²) < 4.78 is 4.68. The van der Waals surface area contributed by atoms with Crippen LogP contribution in [0.15, 0.2) is 115 Å². The van der Waals surface area contributed by atoms with Gasteiger partial charge in [0.2, 0.25) is 0 Å². The van der Waals surface area contributed by atoms with Gasteiger partial charge >= 0.3 is 0 Å². The van der Waals surface area contributed by atoms with Gasteiger partial charge in [0.25, 0.3) is 0 Å². The van der Waals surface area contributed by atoms with Gasteiger partial charge in [-0.15, -0.1) is 0 Å². The van der Waals surface area contributed by atoms with Crippen molar-refractivity contribution in [2.45, 2.75) is 0 Å². The first-order valence-corrected chi connectivity index (χ1v) is 11.2. The van der Waals surface area contributed by atoms with Crippen LogP contribution in [0.2, 0.25) is 0 Å². The molecule has 33 heavy (non-hydrogen) atoms. The van der Waals surface area contributed by atoms with E-state index in [0.29, 0.717) is 0 Å². The van der Waals surface area contributed by atoms with Crippen molar-refractivity contribution in [1.82, 2.24) is 9.13 Å². The minimum Gasteiger partial charge on any atom is -0.309 e. The molecule has 0 aliphatic carbocycles. The van der Waals surface area contributed by atoms with Gasteiger partial charge in [-0.3, -0.25) is 0 Å². The maximum absolute atomic E-state index is 6.17. The molecule has 0 bridgehead atoms. The molecule has 152 valence electrons. The summed E-state index contributed by atoms with van der Waals surface area (Å²) in [7, 11) is 6.17. The van der Waals surface area contributed by atoms with Crippen molar-refractivity contribution in [3.8, 4) is 11.4 Å². The summed E-state index contributed by atoms with van der Waals surface area (Å²) in [5, 5.41) is 5.01. The smallest absolute Gasteiger partial charge is 0.113 e. The molecule has 7 rings (SSSR count). The Balaban J connectivity index is 1.61. The standard InChI is InChI=1S/C30H19BN2/c31-20-8-7-9-21(18-20)33-29-15-6-3-12-25(29)26-17-16-22(19-30(26)33)32-27-13-4-1-10-23(27)24-11-2-5-14-28(24)32/h1-19H. The van der Waals surface area contributed by atoms with Gasteiger partial charge in [-0.1, -0.05) is 78.3 Å². The van der Waals surface area contributed by atoms with Crippen molar-refractivity contribution in [1.29, 1.82) is 0 Å². The van der Waals surface area contributed by atoms with Crippen LogP contribution in [0.25, 0.3) is 55.0 Å². The highest BCUT2D eigenvalue weighted by Crippen LogP contribution is 2.36. The molecule has 0 amide bonds. The van der Waals surface area contributed by atoms with Gasteiger partial charge in [-0.2, -0.15) is 0 Å². The van der Waals surface area contributed by atoms with Gasteiger partial charge < -0.3 is 9.13 Å². The second-order valence-corrected chi connectivity index (χ2v) is 8.52. The maximum atomic E-state index is 6.17. The van der Waals surface area contributed by atoms with Gasteiger partial charge in [-0.25, -0.2) is 0 Å². The normalized spacial score (nSPS) is 11.8. The highest BCUT2D eigenvalue weighted by atomic mass is 15.0. The van der Waals surface area contributed by atoms with Gasteiger partial charge in [-0.05, 0) is 42.5 Å². The van der Waals surface area contributed by atoms with E-state index in [-0.39, 0.29) is 0 Å². The Hall–Kier alpha value is -4.24. The maximum Gasteiger partial charge on any atom is 0.113 e. The molecule has 3 heteroatoms. The molecule has 0 atom stereocenters. The second kappa shape index (κ2) is 6.88. The fourth-order valence-electron chi connectivity index (χ4n) is 5.24. The summed E-state index contributed by atoms with van der Waals surface area (Å²) in [5.41, 5.74) is 7.75. The number of hydrogen-bond acceptors (Lipinski definition) is 0. The van der Waals surface area contributed by atoms with Crippen LogP contribution in [0, 0.1) is 0 Å². The monoisotopic (exact) mass is 418 g/mol. The zero-order valence-electron chi connectivity index (χ0n) is 17.9. The molecule has 2 nitrogen and oxygen atoms in total. The predicted octanol–water partition coefficient (Wildman–Crippen LogP) is 6.67. The third kappa shape index (κ3) is 2.63. The van der Waals surface area contributed by atoms with Gasteiger partial charge in [0.05, 0.1) is 22.1 Å². The van der Waals surface area contributed by atoms with Crippen LogP contribution in [0.1, 0.15) is 0 Å². The summed E-state index contributed by atoms with van der Waals surface area (Å²) >= 11 is 0. The zero-order chi connectivity index (χ0) is 21.9. The molecular weight excluding hydrogens is 399 g/mol. The summed E-state index contributed by atoms with van der Waals surface area (Å²) in [6.07, 6.45) is 0. The average molecular weight is 418 g/mol. The molecule has 0 N–H and O–H groups in total. The van der Waals surface area contributed by atoms with E-state index in [1.54, 1.807) is 0 Å². The van der Waals surface area contributed by atoms with E-state index in [1.165, 1.54) is 43.6 Å². The Bertz CT molecular complexity index is 1780. The highest BCUT2D eigenvalue weighted by Gasteiger charge is 2.16. The number of nitrogens with zero attached hydrogens (tertiary/aromatic N) is 2. The summed E-state index contributed by atoms with van der Waals surface area (Å²) in [6, 6.07) is 40.7. The lowest BCUT2D eigenvalue weighted by molar-refractivity contribution is 1.16. The molecule has 0 fully saturated rings. The van der Waals surface area contributed by atoms with E-state index < -0.39 is 0 Å². The molecule has 2 aromatic heterocycles. The highest BCUT2D eigenvalue weighted by molar-refractivity contribution is 6.32. The van der Waals surface area contributed by atoms with Crippen molar-refractivity contribution in [2.24, 2.45) is 0 Å². The SMILES string of the molecule is [B]c1cccc(-n2c3ccccc3c3ccc(-n4c5ccccc5c5ccccc54)cc32)c1. The van der Waals surface area contributed by atoms with Crippen molar-refractivity contribution in [3.05, 3.63) is 115 Å². The number of hydrogen-bond donors (Lipinski definition) is 0. The quantitative estimate of drug-likeness (QED) is 0.278. The van der Waals surface area contributed by atoms with Gasteiger partial charge in [0.1, 0.15) is 7.85 Å². The topological polar surface area (TPSA) is 9.86 Å². The van der Waals surface area contributed by atoms with Crippen LogP contribution < -0.4 is 5.46 Å². The minimum atomic E-state index is 0.761. The summed E-state index contributed by atoms with van der Waals surface area (Å²) in [6.45, 7) is 0. The van der Waals surface area contributed by atoms with Gasteiger partial charge in [0, 0.05) is 32.9 Å². The Kier molecular flexibility index (Phi) is 3.83. The molecule has 0 saturated heterocycles. The van der Waals surface area contributed by atoms with E-state index in [9.17, 15) is 0 Å². The first-order chi connectivity index (χ1) is 16.3. The van der Waals surface area contributed by atoms with Crippen LogP contribution in [-0.4, -0.2) is 17.0 Å². The van der Waals surface area contributed by atoms with Crippen molar-refractivity contribution in [2.75, 3.05) is 0 Å². The molecule has 2 heterocycles. The lowest BCUT2D eigenvalue weighted by Crippen LogP contribution is -2.04. The predicted molar refractivity (Wildman–Crippen MR) is 141 cm³/mol. The van der Waals surface area contributed by atoms with Crippen LogP contribution in [-0.2, 0) is 0 Å². The molecule has 7 aromatic rings. The molecular formula is C30H19BN2. The molecule has 0 unspecified atom stereocenters. The van der Waals surface area contributed by atoms with Crippen LogP contribution in [0.5, 0.6) is 0 Å². The minimum absolute atomic E-state index is 0.761. The van der Waals surface area contributed by atoms with Crippen molar-refractivity contribution < 1.29 is 0 Å². The largest absolute Gasteiger partial charge is 0.309 e. The lowest BCUT2D eigenvalue weighted by atomic mass is 9.96. The number of rotatable bonds is 2. The number of aromatic nitrogens is 2. The molecule has 0 saturated carbocycles. The lowest BCUT2D eigenvalue weighted by Gasteiger charge is -2.11. The Morgan fingerprint density at radius 1 is 0.394 bits per heavy atom. The zero-order valence-corrected chi connectivity index (χ0v) is 17.9. The van der Waals surface area contributed by atoms with Crippen molar-refractivity contribution >= 4 is 56.9 Å². The Labute approximate surface area is 192 Å². The molecule has 0 spiro atoms. The molecule has 0 aliphatic rings. The first kappa shape index (κ1) is 18.3. The van der Waals surface area contributed by atoms with Crippen LogP contribution >= 0.6 is 0 Å². The first-order valence-electron chi connectivity index (χ1n) is 11.2. The van der Waals surface area contributed by atoms with Crippen molar-refractivity contribution in [3.63, 3.8) is 0 Å². The second-order valence-electron chi connectivity index (χ2n) is 8.52. The average Bonchev–Trinajstić information content (AvgIpc) is 3.36. The third-order valence-electron chi connectivity index (χ3n) is 6.62. The van der Waals surface area contributed by atoms with E-state index in [1.807, 2.05) is 18.2 Å². The fraction of sp³-hybridized carbons (Fsp3) is 0. The summed E-state index contributed by atoms with van der Waals surface area (Å²) in [5.74, 6) is 0. The van der Waals surface area contributed by atoms with Gasteiger partial charge in [0.15, 0.2) is 0 Å². The number of benzene rings is 5. The summed E-state index contributed by atoms with van der Waals surface area (Å²) in [4.78, 5) is 0. The molecule has 2 radical (unpaired) electrons. The number of fused-ring (bicyclic) bond motifs is 6.